The number of aromatic amines is 1. The zero-order valence-electron chi connectivity index (χ0n) is 15.9. The third-order valence-corrected chi connectivity index (χ3v) is 4.99. The Balaban J connectivity index is 2.06. The van der Waals surface area contributed by atoms with Gasteiger partial charge in [-0.3, -0.25) is 9.20 Å². The molecule has 9 nitrogen and oxygen atoms in total. The van der Waals surface area contributed by atoms with Crippen molar-refractivity contribution < 1.29 is 19.1 Å². The molecule has 0 amide bonds. The summed E-state index contributed by atoms with van der Waals surface area (Å²) >= 11 is 0. The summed E-state index contributed by atoms with van der Waals surface area (Å²) in [5, 5.41) is 0.318. The lowest BCUT2D eigenvalue weighted by Gasteiger charge is -2.06. The number of hydrogen-bond acceptors (Lipinski definition) is 7. The van der Waals surface area contributed by atoms with Crippen LogP contribution >= 0.6 is 0 Å². The molecule has 30 heavy (non-hydrogen) atoms. The molecule has 0 atom stereocenters. The van der Waals surface area contributed by atoms with Crippen molar-refractivity contribution in [1.29, 1.82) is 0 Å². The van der Waals surface area contributed by atoms with Crippen molar-refractivity contribution in [2.24, 2.45) is 0 Å². The van der Waals surface area contributed by atoms with Gasteiger partial charge in [0.1, 0.15) is 16.7 Å². The van der Waals surface area contributed by atoms with E-state index in [-0.39, 0.29) is 22.3 Å². The quantitative estimate of drug-likeness (QED) is 0.451. The number of ether oxygens (including phenoxy) is 2. The summed E-state index contributed by atoms with van der Waals surface area (Å²) in [6.07, 6.45) is 0. The van der Waals surface area contributed by atoms with Gasteiger partial charge in [-0.1, -0.05) is 12.1 Å². The molecule has 0 unspecified atom stereocenters. The Morgan fingerprint density at radius 1 is 0.967 bits per heavy atom. The molecule has 0 saturated carbocycles. The van der Waals surface area contributed by atoms with Crippen LogP contribution in [0.1, 0.15) is 20.7 Å². The van der Waals surface area contributed by atoms with Gasteiger partial charge < -0.3 is 14.5 Å². The summed E-state index contributed by atoms with van der Waals surface area (Å²) in [4.78, 5) is 49.4. The maximum Gasteiger partial charge on any atom is 0.343 e. The zero-order valence-corrected chi connectivity index (χ0v) is 15.9. The van der Waals surface area contributed by atoms with Crippen molar-refractivity contribution in [3.8, 4) is 0 Å². The molecule has 148 valence electrons. The lowest BCUT2D eigenvalue weighted by Crippen LogP contribution is -2.13. The van der Waals surface area contributed by atoms with Gasteiger partial charge in [0, 0.05) is 0 Å². The van der Waals surface area contributed by atoms with E-state index in [2.05, 4.69) is 15.0 Å². The van der Waals surface area contributed by atoms with Crippen LogP contribution in [0, 0.1) is 0 Å². The van der Waals surface area contributed by atoms with E-state index in [0.29, 0.717) is 27.6 Å². The number of aromatic nitrogens is 4. The fourth-order valence-corrected chi connectivity index (χ4v) is 3.62. The SMILES string of the molecule is COC(=O)c1ccc2c(=O)[nH]c3c(C(=O)OC)c4nc5ccccc5nc4n3c2c1. The molecule has 1 N–H and O–H groups in total. The van der Waals surface area contributed by atoms with Gasteiger partial charge in [0.05, 0.1) is 41.7 Å². The molecule has 2 aromatic carbocycles. The highest BCUT2D eigenvalue weighted by Gasteiger charge is 2.25. The number of nitrogens with one attached hydrogen (secondary N) is 1. The minimum absolute atomic E-state index is 0.0909. The van der Waals surface area contributed by atoms with Gasteiger partial charge in [0.25, 0.3) is 5.56 Å². The Hall–Kier alpha value is -4.27. The average molecular weight is 402 g/mol. The number of hydrogen-bond donors (Lipinski definition) is 1. The topological polar surface area (TPSA) is 116 Å². The number of benzene rings is 2. The molecule has 0 aliphatic carbocycles. The molecule has 3 heterocycles. The van der Waals surface area contributed by atoms with E-state index < -0.39 is 17.5 Å². The highest BCUT2D eigenvalue weighted by molar-refractivity contribution is 6.11. The zero-order chi connectivity index (χ0) is 21.0. The first-order valence-electron chi connectivity index (χ1n) is 8.97. The largest absolute Gasteiger partial charge is 0.465 e. The second kappa shape index (κ2) is 6.38. The third-order valence-electron chi connectivity index (χ3n) is 4.99. The lowest BCUT2D eigenvalue weighted by atomic mass is 10.1. The van der Waals surface area contributed by atoms with Gasteiger partial charge >= 0.3 is 11.9 Å². The first kappa shape index (κ1) is 17.8. The van der Waals surface area contributed by atoms with Gasteiger partial charge in [0.2, 0.25) is 0 Å². The summed E-state index contributed by atoms with van der Waals surface area (Å²) in [7, 11) is 2.53. The highest BCUT2D eigenvalue weighted by atomic mass is 16.5. The molecular weight excluding hydrogens is 388 g/mol. The summed E-state index contributed by atoms with van der Waals surface area (Å²) in [5.74, 6) is -1.21. The molecule has 0 fully saturated rings. The smallest absolute Gasteiger partial charge is 0.343 e. The Morgan fingerprint density at radius 3 is 2.37 bits per heavy atom. The van der Waals surface area contributed by atoms with Gasteiger partial charge in [-0.05, 0) is 30.3 Å². The fourth-order valence-electron chi connectivity index (χ4n) is 3.62. The molecular formula is C21H14N4O5. The van der Waals surface area contributed by atoms with Crippen LogP contribution < -0.4 is 5.56 Å². The molecule has 0 bridgehead atoms. The lowest BCUT2D eigenvalue weighted by molar-refractivity contribution is 0.0593. The van der Waals surface area contributed by atoms with Gasteiger partial charge in [-0.25, -0.2) is 19.6 Å². The second-order valence-corrected chi connectivity index (χ2v) is 6.61. The van der Waals surface area contributed by atoms with Gasteiger partial charge in [0.15, 0.2) is 5.65 Å². The Bertz CT molecular complexity index is 1580. The summed E-state index contributed by atoms with van der Waals surface area (Å²) in [6, 6.07) is 11.8. The number of fused-ring (bicyclic) bond motifs is 6. The van der Waals surface area contributed by atoms with E-state index in [4.69, 9.17) is 9.47 Å². The minimum atomic E-state index is -0.661. The summed E-state index contributed by atoms with van der Waals surface area (Å²) < 4.78 is 11.3. The second-order valence-electron chi connectivity index (χ2n) is 6.61. The average Bonchev–Trinajstić information content (AvgIpc) is 3.09. The summed E-state index contributed by atoms with van der Waals surface area (Å²) in [6.45, 7) is 0. The molecule has 5 aromatic rings. The number of nitrogens with zero attached hydrogens (tertiary/aromatic N) is 3. The van der Waals surface area contributed by atoms with Crippen molar-refractivity contribution >= 4 is 50.7 Å². The number of esters is 2. The highest BCUT2D eigenvalue weighted by Crippen LogP contribution is 2.28. The first-order valence-corrected chi connectivity index (χ1v) is 8.97. The van der Waals surface area contributed by atoms with E-state index in [1.54, 1.807) is 16.5 Å². The molecule has 3 aromatic heterocycles. The molecule has 0 spiro atoms. The predicted molar refractivity (Wildman–Crippen MR) is 109 cm³/mol. The van der Waals surface area contributed by atoms with Gasteiger partial charge in [-0.2, -0.15) is 0 Å². The number of carbonyl (C=O) groups excluding carboxylic acids is 2. The van der Waals surface area contributed by atoms with Gasteiger partial charge in [-0.15, -0.1) is 0 Å². The number of para-hydroxylation sites is 2. The van der Waals surface area contributed by atoms with Crippen molar-refractivity contribution in [3.63, 3.8) is 0 Å². The van der Waals surface area contributed by atoms with E-state index in [1.807, 2.05) is 12.1 Å². The van der Waals surface area contributed by atoms with E-state index in [0.717, 1.165) is 0 Å². The van der Waals surface area contributed by atoms with Crippen LogP contribution in [0.3, 0.4) is 0 Å². The Morgan fingerprint density at radius 2 is 1.67 bits per heavy atom. The van der Waals surface area contributed by atoms with Crippen LogP contribution in [0.25, 0.3) is 38.7 Å². The molecule has 5 rings (SSSR count). The number of H-pyrrole nitrogens is 1. The van der Waals surface area contributed by atoms with Crippen LogP contribution in [0.5, 0.6) is 0 Å². The van der Waals surface area contributed by atoms with Crippen LogP contribution in [0.15, 0.2) is 47.3 Å². The Labute approximate surface area is 167 Å². The number of carbonyl (C=O) groups is 2. The van der Waals surface area contributed by atoms with Crippen LogP contribution in [-0.2, 0) is 9.47 Å². The van der Waals surface area contributed by atoms with Crippen molar-refractivity contribution in [2.75, 3.05) is 14.2 Å². The maximum absolute atomic E-state index is 12.7. The monoisotopic (exact) mass is 402 g/mol. The maximum atomic E-state index is 12.7. The van der Waals surface area contributed by atoms with Crippen molar-refractivity contribution in [3.05, 3.63) is 63.9 Å². The van der Waals surface area contributed by atoms with Crippen molar-refractivity contribution in [1.82, 2.24) is 19.4 Å². The molecule has 0 radical (unpaired) electrons. The van der Waals surface area contributed by atoms with E-state index in [1.165, 1.54) is 32.4 Å². The fraction of sp³-hybridized carbons (Fsp3) is 0.0952. The number of rotatable bonds is 2. The molecule has 9 heteroatoms. The number of methoxy groups -OCH3 is 2. The summed E-state index contributed by atoms with van der Waals surface area (Å²) in [5.41, 5.74) is 2.34. The third kappa shape index (κ3) is 2.38. The predicted octanol–water partition coefficient (Wildman–Crippen LogP) is 2.45. The standard InChI is InChI=1S/C21H14N4O5/c1-29-20(27)10-7-8-11-14(9-10)25-17(24-19(11)26)15(21(28)30-2)16-18(25)23-13-6-4-3-5-12(13)22-16/h3-9H,1-2H3,(H,24,26). The molecule has 0 aliphatic heterocycles. The minimum Gasteiger partial charge on any atom is -0.465 e. The van der Waals surface area contributed by atoms with Crippen molar-refractivity contribution in [2.45, 2.75) is 0 Å². The molecule has 0 aliphatic rings. The van der Waals surface area contributed by atoms with E-state index in [9.17, 15) is 14.4 Å². The normalized spacial score (nSPS) is 11.4. The first-order chi connectivity index (χ1) is 14.5. The van der Waals surface area contributed by atoms with E-state index >= 15 is 0 Å². The van der Waals surface area contributed by atoms with Crippen LogP contribution in [0.4, 0.5) is 0 Å². The van der Waals surface area contributed by atoms with Crippen LogP contribution in [-0.4, -0.2) is 45.5 Å². The van der Waals surface area contributed by atoms with Crippen LogP contribution in [0.2, 0.25) is 0 Å². The molecule has 0 saturated heterocycles. The Kier molecular flexibility index (Phi) is 3.78.